The minimum Gasteiger partial charge on any atom is -0.490 e. The van der Waals surface area contributed by atoms with Gasteiger partial charge in [-0.3, -0.25) is 14.9 Å². The molecule has 1 aliphatic heterocycles. The van der Waals surface area contributed by atoms with Gasteiger partial charge in [0.05, 0.1) is 18.1 Å². The highest BCUT2D eigenvalue weighted by Gasteiger charge is 2.32. The van der Waals surface area contributed by atoms with Crippen molar-refractivity contribution in [2.45, 2.75) is 26.2 Å². The molecule has 0 fully saturated rings. The first kappa shape index (κ1) is 17.7. The zero-order valence-corrected chi connectivity index (χ0v) is 14.7. The van der Waals surface area contributed by atoms with E-state index in [-0.39, 0.29) is 18.0 Å². The van der Waals surface area contributed by atoms with Gasteiger partial charge in [0.2, 0.25) is 5.91 Å². The third-order valence-electron chi connectivity index (χ3n) is 4.26. The number of fused-ring (bicyclic) bond motifs is 1. The van der Waals surface area contributed by atoms with E-state index >= 15 is 0 Å². The number of amides is 1. The molecule has 7 nitrogen and oxygen atoms in total. The summed E-state index contributed by atoms with van der Waals surface area (Å²) in [5.74, 6) is 0.493. The van der Waals surface area contributed by atoms with E-state index in [1.807, 2.05) is 19.9 Å². The van der Waals surface area contributed by atoms with Crippen LogP contribution in [0.15, 0.2) is 36.4 Å². The Kier molecular flexibility index (Phi) is 5.06. The summed E-state index contributed by atoms with van der Waals surface area (Å²) < 4.78 is 11.3. The normalized spacial score (nSPS) is 15.8. The topological polar surface area (TPSA) is 90.7 Å². The van der Waals surface area contributed by atoms with E-state index in [1.165, 1.54) is 6.07 Å². The van der Waals surface area contributed by atoms with Gasteiger partial charge in [0, 0.05) is 35.7 Å². The molecule has 136 valence electrons. The van der Waals surface area contributed by atoms with Gasteiger partial charge in [0.15, 0.2) is 11.5 Å². The minimum absolute atomic E-state index is 0.00462. The number of nitrogens with zero attached hydrogens (tertiary/aromatic N) is 1. The number of anilines is 1. The monoisotopic (exact) mass is 356 g/mol. The quantitative estimate of drug-likeness (QED) is 0.627. The van der Waals surface area contributed by atoms with E-state index < -0.39 is 10.8 Å². The fourth-order valence-corrected chi connectivity index (χ4v) is 3.23. The summed E-state index contributed by atoms with van der Waals surface area (Å²) in [5, 5.41) is 14.3. The van der Waals surface area contributed by atoms with Crippen molar-refractivity contribution in [2.75, 3.05) is 18.5 Å². The highest BCUT2D eigenvalue weighted by Crippen LogP contribution is 2.45. The number of carbonyl (C=O) groups is 1. The summed E-state index contributed by atoms with van der Waals surface area (Å²) >= 11 is 0. The van der Waals surface area contributed by atoms with Crippen LogP contribution in [-0.4, -0.2) is 24.0 Å². The molecule has 0 radical (unpaired) electrons. The van der Waals surface area contributed by atoms with Crippen LogP contribution in [0.2, 0.25) is 0 Å². The first-order chi connectivity index (χ1) is 12.5. The Balaban J connectivity index is 2.16. The lowest BCUT2D eigenvalue weighted by molar-refractivity contribution is -0.385. The number of nitro benzene ring substituents is 1. The molecule has 2 aromatic carbocycles. The molecule has 0 spiro atoms. The Morgan fingerprint density at radius 3 is 2.42 bits per heavy atom. The fourth-order valence-electron chi connectivity index (χ4n) is 3.23. The van der Waals surface area contributed by atoms with Gasteiger partial charge in [0.25, 0.3) is 5.69 Å². The number of ether oxygens (including phenoxy) is 2. The maximum absolute atomic E-state index is 12.2. The van der Waals surface area contributed by atoms with Gasteiger partial charge in [-0.05, 0) is 25.5 Å². The van der Waals surface area contributed by atoms with Crippen LogP contribution in [0.1, 0.15) is 37.3 Å². The summed E-state index contributed by atoms with van der Waals surface area (Å²) in [4.78, 5) is 23.2. The maximum atomic E-state index is 12.2. The molecule has 1 aliphatic rings. The molecular weight excluding hydrogens is 336 g/mol. The van der Waals surface area contributed by atoms with E-state index in [1.54, 1.807) is 24.3 Å². The molecule has 0 unspecified atom stereocenters. The maximum Gasteiger partial charge on any atom is 0.273 e. The van der Waals surface area contributed by atoms with Crippen LogP contribution in [0.5, 0.6) is 11.5 Å². The van der Waals surface area contributed by atoms with Gasteiger partial charge in [0.1, 0.15) is 0 Å². The van der Waals surface area contributed by atoms with Crippen LogP contribution in [0.25, 0.3) is 0 Å². The van der Waals surface area contributed by atoms with Crippen LogP contribution in [-0.2, 0) is 4.79 Å². The van der Waals surface area contributed by atoms with E-state index in [4.69, 9.17) is 9.47 Å². The van der Waals surface area contributed by atoms with Crippen LogP contribution in [0, 0.1) is 10.1 Å². The van der Waals surface area contributed by atoms with Gasteiger partial charge >= 0.3 is 0 Å². The number of benzene rings is 2. The number of para-hydroxylation sites is 1. The van der Waals surface area contributed by atoms with E-state index in [2.05, 4.69) is 5.32 Å². The van der Waals surface area contributed by atoms with Crippen molar-refractivity contribution < 1.29 is 19.2 Å². The Morgan fingerprint density at radius 1 is 1.12 bits per heavy atom. The molecule has 1 atom stereocenters. The molecule has 1 amide bonds. The zero-order valence-electron chi connectivity index (χ0n) is 14.7. The predicted octanol–water partition coefficient (Wildman–Crippen LogP) is 3.87. The Morgan fingerprint density at radius 2 is 1.77 bits per heavy atom. The number of rotatable bonds is 6. The summed E-state index contributed by atoms with van der Waals surface area (Å²) in [7, 11) is 0. The van der Waals surface area contributed by atoms with Gasteiger partial charge < -0.3 is 14.8 Å². The van der Waals surface area contributed by atoms with Gasteiger partial charge in [-0.1, -0.05) is 18.2 Å². The lowest BCUT2D eigenvalue weighted by Gasteiger charge is -2.27. The zero-order chi connectivity index (χ0) is 18.7. The molecule has 3 rings (SSSR count). The molecule has 0 saturated carbocycles. The first-order valence-electron chi connectivity index (χ1n) is 8.51. The average molecular weight is 356 g/mol. The average Bonchev–Trinajstić information content (AvgIpc) is 2.62. The molecule has 0 saturated heterocycles. The second-order valence-electron chi connectivity index (χ2n) is 5.87. The van der Waals surface area contributed by atoms with Crippen molar-refractivity contribution in [1.29, 1.82) is 0 Å². The van der Waals surface area contributed by atoms with Crippen LogP contribution in [0.4, 0.5) is 11.4 Å². The second kappa shape index (κ2) is 7.43. The predicted molar refractivity (Wildman–Crippen MR) is 97.0 cm³/mol. The van der Waals surface area contributed by atoms with Crippen LogP contribution < -0.4 is 14.8 Å². The third-order valence-corrected chi connectivity index (χ3v) is 4.26. The minimum atomic E-state index is -0.421. The van der Waals surface area contributed by atoms with Gasteiger partial charge in [-0.25, -0.2) is 0 Å². The highest BCUT2D eigenvalue weighted by molar-refractivity contribution is 5.96. The lowest BCUT2D eigenvalue weighted by atomic mass is 9.83. The molecule has 0 aromatic heterocycles. The molecule has 2 aromatic rings. The Bertz CT molecular complexity index is 850. The van der Waals surface area contributed by atoms with Crippen LogP contribution >= 0.6 is 0 Å². The van der Waals surface area contributed by atoms with Crippen molar-refractivity contribution in [3.8, 4) is 11.5 Å². The highest BCUT2D eigenvalue weighted by atomic mass is 16.6. The largest absolute Gasteiger partial charge is 0.490 e. The van der Waals surface area contributed by atoms with E-state index in [0.29, 0.717) is 36.0 Å². The summed E-state index contributed by atoms with van der Waals surface area (Å²) in [6.45, 7) is 4.65. The molecule has 1 N–H and O–H groups in total. The number of carbonyl (C=O) groups excluding carboxylic acids is 1. The number of nitrogens with one attached hydrogen (secondary N) is 1. The fraction of sp³-hybridized carbons (Fsp3) is 0.316. The van der Waals surface area contributed by atoms with Crippen LogP contribution in [0.3, 0.4) is 0 Å². The smallest absolute Gasteiger partial charge is 0.273 e. The van der Waals surface area contributed by atoms with Gasteiger partial charge in [-0.2, -0.15) is 0 Å². The molecule has 0 bridgehead atoms. The SMILES string of the molecule is CCOc1cc2c(cc1OCC)[C@H](c1ccccc1[N+](=O)[O-])CC(=O)N2. The first-order valence-corrected chi connectivity index (χ1v) is 8.51. The second-order valence-corrected chi connectivity index (χ2v) is 5.87. The summed E-state index contributed by atoms with van der Waals surface area (Å²) in [5.41, 5.74) is 1.90. The molecule has 1 heterocycles. The van der Waals surface area contributed by atoms with Crippen molar-refractivity contribution in [3.05, 3.63) is 57.6 Å². The van der Waals surface area contributed by atoms with Crippen molar-refractivity contribution in [3.63, 3.8) is 0 Å². The Labute approximate surface area is 151 Å². The number of hydrogen-bond acceptors (Lipinski definition) is 5. The Hall–Kier alpha value is -3.09. The van der Waals surface area contributed by atoms with E-state index in [9.17, 15) is 14.9 Å². The number of nitro groups is 1. The van der Waals surface area contributed by atoms with Gasteiger partial charge in [-0.15, -0.1) is 0 Å². The summed E-state index contributed by atoms with van der Waals surface area (Å²) in [6, 6.07) is 10.1. The van der Waals surface area contributed by atoms with Crippen molar-refractivity contribution in [2.24, 2.45) is 0 Å². The van der Waals surface area contributed by atoms with E-state index in [0.717, 1.165) is 5.56 Å². The lowest BCUT2D eigenvalue weighted by Crippen LogP contribution is -2.24. The van der Waals surface area contributed by atoms with Crippen molar-refractivity contribution >= 4 is 17.3 Å². The standard InChI is InChI=1S/C19H20N2O5/c1-3-25-17-9-14-13(12-7-5-6-8-16(12)21(23)24)10-19(22)20-15(14)11-18(17)26-4-2/h5-9,11,13H,3-4,10H2,1-2H3,(H,20,22)/t13-/m0/s1. The third kappa shape index (κ3) is 3.33. The summed E-state index contributed by atoms with van der Waals surface area (Å²) in [6.07, 6.45) is 0.136. The molecule has 0 aliphatic carbocycles. The number of hydrogen-bond donors (Lipinski definition) is 1. The molecular formula is C19H20N2O5. The molecule has 7 heteroatoms. The molecule has 26 heavy (non-hydrogen) atoms. The van der Waals surface area contributed by atoms with Crippen molar-refractivity contribution in [1.82, 2.24) is 0 Å².